The van der Waals surface area contributed by atoms with E-state index in [1.165, 1.54) is 12.1 Å². The molecule has 0 aliphatic heterocycles. The van der Waals surface area contributed by atoms with Crippen molar-refractivity contribution in [1.29, 1.82) is 0 Å². The van der Waals surface area contributed by atoms with Crippen LogP contribution in [0.15, 0.2) is 40.8 Å². The fourth-order valence-corrected chi connectivity index (χ4v) is 1.42. The zero-order chi connectivity index (χ0) is 10.7. The molecule has 0 bridgehead atoms. The number of hydrogen-bond donors (Lipinski definition) is 1. The van der Waals surface area contributed by atoms with Gasteiger partial charge in [-0.2, -0.15) is 0 Å². The minimum atomic E-state index is -0.235. The average molecular weight is 205 g/mol. The minimum absolute atomic E-state index is 0.235. The molecule has 1 heterocycles. The average Bonchev–Trinajstić information content (AvgIpc) is 2.68. The van der Waals surface area contributed by atoms with E-state index in [4.69, 9.17) is 4.42 Å². The molecule has 0 amide bonds. The van der Waals surface area contributed by atoms with Crippen LogP contribution in [0.4, 0.5) is 4.39 Å². The van der Waals surface area contributed by atoms with E-state index in [2.05, 4.69) is 5.32 Å². The maximum Gasteiger partial charge on any atom is 0.134 e. The van der Waals surface area contributed by atoms with Crippen LogP contribution in [0.5, 0.6) is 0 Å². The molecule has 0 radical (unpaired) electrons. The van der Waals surface area contributed by atoms with Gasteiger partial charge in [0, 0.05) is 5.56 Å². The summed E-state index contributed by atoms with van der Waals surface area (Å²) < 4.78 is 18.3. The Balaban J connectivity index is 2.25. The molecule has 2 aromatic rings. The third-order valence-corrected chi connectivity index (χ3v) is 2.14. The largest absolute Gasteiger partial charge is 0.460 e. The summed E-state index contributed by atoms with van der Waals surface area (Å²) in [4.78, 5) is 0. The van der Waals surface area contributed by atoms with E-state index in [1.807, 2.05) is 19.2 Å². The number of furan rings is 1. The van der Waals surface area contributed by atoms with Crippen LogP contribution < -0.4 is 5.32 Å². The van der Waals surface area contributed by atoms with Gasteiger partial charge in [0.25, 0.3) is 0 Å². The zero-order valence-corrected chi connectivity index (χ0v) is 8.46. The first-order valence-corrected chi connectivity index (χ1v) is 4.79. The molecule has 78 valence electrons. The van der Waals surface area contributed by atoms with Gasteiger partial charge in [-0.3, -0.25) is 0 Å². The maximum absolute atomic E-state index is 12.7. The molecule has 15 heavy (non-hydrogen) atoms. The molecular formula is C12H12FNO. The molecule has 0 fully saturated rings. The third kappa shape index (κ3) is 2.25. The van der Waals surface area contributed by atoms with E-state index >= 15 is 0 Å². The van der Waals surface area contributed by atoms with E-state index in [1.54, 1.807) is 12.1 Å². The minimum Gasteiger partial charge on any atom is -0.460 e. The summed E-state index contributed by atoms with van der Waals surface area (Å²) in [6.07, 6.45) is 0. The van der Waals surface area contributed by atoms with Crippen LogP contribution in [-0.2, 0) is 6.54 Å². The number of hydrogen-bond acceptors (Lipinski definition) is 2. The van der Waals surface area contributed by atoms with Gasteiger partial charge in [-0.15, -0.1) is 0 Å². The third-order valence-electron chi connectivity index (χ3n) is 2.14. The molecule has 0 saturated carbocycles. The van der Waals surface area contributed by atoms with E-state index in [0.29, 0.717) is 6.54 Å². The van der Waals surface area contributed by atoms with Crippen LogP contribution in [-0.4, -0.2) is 7.05 Å². The Labute approximate surface area is 87.7 Å². The highest BCUT2D eigenvalue weighted by Crippen LogP contribution is 2.22. The fraction of sp³-hybridized carbons (Fsp3) is 0.167. The lowest BCUT2D eigenvalue weighted by atomic mass is 10.2. The number of nitrogens with one attached hydrogen (secondary N) is 1. The smallest absolute Gasteiger partial charge is 0.134 e. The Bertz CT molecular complexity index is 433. The molecule has 1 N–H and O–H groups in total. The first-order valence-electron chi connectivity index (χ1n) is 4.79. The Kier molecular flexibility index (Phi) is 2.83. The molecule has 1 aromatic carbocycles. The predicted molar refractivity (Wildman–Crippen MR) is 56.9 cm³/mol. The van der Waals surface area contributed by atoms with Crippen molar-refractivity contribution in [2.75, 3.05) is 7.05 Å². The fourth-order valence-electron chi connectivity index (χ4n) is 1.42. The lowest BCUT2D eigenvalue weighted by Crippen LogP contribution is -2.03. The number of halogens is 1. The molecule has 0 saturated heterocycles. The van der Waals surface area contributed by atoms with Crippen molar-refractivity contribution in [2.45, 2.75) is 6.54 Å². The predicted octanol–water partition coefficient (Wildman–Crippen LogP) is 2.81. The Hall–Kier alpha value is -1.61. The Morgan fingerprint density at radius 2 is 1.87 bits per heavy atom. The van der Waals surface area contributed by atoms with Crippen molar-refractivity contribution in [1.82, 2.24) is 5.32 Å². The van der Waals surface area contributed by atoms with Crippen molar-refractivity contribution >= 4 is 0 Å². The van der Waals surface area contributed by atoms with Gasteiger partial charge in [-0.25, -0.2) is 4.39 Å². The highest BCUT2D eigenvalue weighted by Gasteiger charge is 2.03. The first-order chi connectivity index (χ1) is 7.29. The molecule has 0 spiro atoms. The molecule has 2 nitrogen and oxygen atoms in total. The number of rotatable bonds is 3. The molecule has 1 aromatic heterocycles. The Morgan fingerprint density at radius 3 is 2.53 bits per heavy atom. The van der Waals surface area contributed by atoms with Gasteiger partial charge < -0.3 is 9.73 Å². The molecule has 0 aliphatic rings. The van der Waals surface area contributed by atoms with Crippen LogP contribution in [0, 0.1) is 5.82 Å². The summed E-state index contributed by atoms with van der Waals surface area (Å²) in [6.45, 7) is 0.696. The van der Waals surface area contributed by atoms with Crippen molar-refractivity contribution in [3.8, 4) is 11.3 Å². The van der Waals surface area contributed by atoms with Gasteiger partial charge in [0.15, 0.2) is 0 Å². The first kappa shape index (κ1) is 9.93. The monoisotopic (exact) mass is 205 g/mol. The van der Waals surface area contributed by atoms with E-state index in [0.717, 1.165) is 17.1 Å². The summed E-state index contributed by atoms with van der Waals surface area (Å²) in [5.74, 6) is 1.40. The van der Waals surface area contributed by atoms with Crippen molar-refractivity contribution in [3.05, 3.63) is 48.0 Å². The standard InChI is InChI=1S/C12H12FNO/c1-14-8-11-6-7-12(15-11)9-2-4-10(13)5-3-9/h2-7,14H,8H2,1H3. The molecular weight excluding hydrogens is 193 g/mol. The second-order valence-electron chi connectivity index (χ2n) is 3.30. The van der Waals surface area contributed by atoms with Crippen molar-refractivity contribution < 1.29 is 8.81 Å². The molecule has 2 rings (SSSR count). The topological polar surface area (TPSA) is 25.2 Å². The summed E-state index contributed by atoms with van der Waals surface area (Å²) in [7, 11) is 1.86. The van der Waals surface area contributed by atoms with Gasteiger partial charge in [-0.05, 0) is 43.4 Å². The van der Waals surface area contributed by atoms with Gasteiger partial charge >= 0.3 is 0 Å². The highest BCUT2D eigenvalue weighted by atomic mass is 19.1. The lowest BCUT2D eigenvalue weighted by molar-refractivity contribution is 0.507. The van der Waals surface area contributed by atoms with Crippen LogP contribution in [0.1, 0.15) is 5.76 Å². The van der Waals surface area contributed by atoms with Crippen molar-refractivity contribution in [2.24, 2.45) is 0 Å². The van der Waals surface area contributed by atoms with E-state index in [-0.39, 0.29) is 5.82 Å². The normalized spacial score (nSPS) is 10.5. The summed E-state index contributed by atoms with van der Waals surface area (Å²) in [5.41, 5.74) is 0.888. The molecule has 3 heteroatoms. The van der Waals surface area contributed by atoms with Gasteiger partial charge in [0.2, 0.25) is 0 Å². The van der Waals surface area contributed by atoms with Crippen LogP contribution in [0.3, 0.4) is 0 Å². The quantitative estimate of drug-likeness (QED) is 0.833. The highest BCUT2D eigenvalue weighted by molar-refractivity contribution is 5.57. The molecule has 0 atom stereocenters. The summed E-state index contributed by atoms with van der Waals surface area (Å²) in [6, 6.07) is 10.1. The molecule has 0 aliphatic carbocycles. The van der Waals surface area contributed by atoms with E-state index in [9.17, 15) is 4.39 Å². The second-order valence-corrected chi connectivity index (χ2v) is 3.30. The van der Waals surface area contributed by atoms with Crippen LogP contribution in [0.2, 0.25) is 0 Å². The maximum atomic E-state index is 12.7. The van der Waals surface area contributed by atoms with Crippen LogP contribution in [0.25, 0.3) is 11.3 Å². The SMILES string of the molecule is CNCc1ccc(-c2ccc(F)cc2)o1. The number of benzene rings is 1. The van der Waals surface area contributed by atoms with Gasteiger partial charge in [0.1, 0.15) is 17.3 Å². The summed E-state index contributed by atoms with van der Waals surface area (Å²) >= 11 is 0. The second kappa shape index (κ2) is 4.28. The van der Waals surface area contributed by atoms with Crippen molar-refractivity contribution in [3.63, 3.8) is 0 Å². The van der Waals surface area contributed by atoms with Crippen LogP contribution >= 0.6 is 0 Å². The van der Waals surface area contributed by atoms with Gasteiger partial charge in [-0.1, -0.05) is 0 Å². The van der Waals surface area contributed by atoms with Gasteiger partial charge in [0.05, 0.1) is 6.54 Å². The Morgan fingerprint density at radius 1 is 1.13 bits per heavy atom. The zero-order valence-electron chi connectivity index (χ0n) is 8.46. The molecule has 0 unspecified atom stereocenters. The summed E-state index contributed by atoms with van der Waals surface area (Å²) in [5, 5.41) is 3.00. The lowest BCUT2D eigenvalue weighted by Gasteiger charge is -1.97. The van der Waals surface area contributed by atoms with E-state index < -0.39 is 0 Å².